The molecule has 2 N–H and O–H groups in total. The van der Waals surface area contributed by atoms with Crippen LogP contribution in [-0.4, -0.2) is 31.5 Å². The number of tetrazole rings is 1. The lowest BCUT2D eigenvalue weighted by atomic mass is 10.0. The molecule has 0 saturated carbocycles. The number of aromatic amines is 1. The Hall–Kier alpha value is -2.83. The van der Waals surface area contributed by atoms with Gasteiger partial charge in [-0.2, -0.15) is 5.21 Å². The van der Waals surface area contributed by atoms with E-state index >= 15 is 0 Å². The van der Waals surface area contributed by atoms with E-state index in [0.717, 1.165) is 23.0 Å². The first-order chi connectivity index (χ1) is 10.7. The standard InChI is InChI=1S/C15H16N6O/c1-3-10-4-5-13-11(7-10)12(6-9(2)17-13)15(22)16-8-14-18-20-21-19-14/h4-7H,3,8H2,1-2H3,(H,16,22)(H,18,19,20,21). The molecule has 3 rings (SSSR count). The molecule has 1 aromatic carbocycles. The number of hydrogen-bond acceptors (Lipinski definition) is 5. The first-order valence-electron chi connectivity index (χ1n) is 7.08. The predicted octanol–water partition coefficient (Wildman–Crippen LogP) is 1.55. The smallest absolute Gasteiger partial charge is 0.252 e. The van der Waals surface area contributed by atoms with E-state index < -0.39 is 0 Å². The van der Waals surface area contributed by atoms with Crippen LogP contribution >= 0.6 is 0 Å². The summed E-state index contributed by atoms with van der Waals surface area (Å²) in [5.74, 6) is 0.270. The quantitative estimate of drug-likeness (QED) is 0.761. The van der Waals surface area contributed by atoms with Gasteiger partial charge in [-0.15, -0.1) is 10.2 Å². The highest BCUT2D eigenvalue weighted by Gasteiger charge is 2.13. The fourth-order valence-electron chi connectivity index (χ4n) is 2.33. The number of aromatic nitrogens is 5. The number of fused-ring (bicyclic) bond motifs is 1. The van der Waals surface area contributed by atoms with E-state index in [9.17, 15) is 4.79 Å². The number of pyridine rings is 1. The van der Waals surface area contributed by atoms with Gasteiger partial charge in [0.15, 0.2) is 5.82 Å². The molecule has 0 spiro atoms. The van der Waals surface area contributed by atoms with Crippen molar-refractivity contribution in [1.29, 1.82) is 0 Å². The zero-order valence-corrected chi connectivity index (χ0v) is 12.4. The fourth-order valence-corrected chi connectivity index (χ4v) is 2.33. The third-order valence-electron chi connectivity index (χ3n) is 3.45. The number of nitrogens with one attached hydrogen (secondary N) is 2. The van der Waals surface area contributed by atoms with Crippen LogP contribution in [0.15, 0.2) is 24.3 Å². The predicted molar refractivity (Wildman–Crippen MR) is 81.2 cm³/mol. The summed E-state index contributed by atoms with van der Waals surface area (Å²) in [5, 5.41) is 17.1. The molecule has 0 aliphatic rings. The van der Waals surface area contributed by atoms with E-state index in [4.69, 9.17) is 0 Å². The highest BCUT2D eigenvalue weighted by atomic mass is 16.1. The van der Waals surface area contributed by atoms with Crippen LogP contribution in [0.5, 0.6) is 0 Å². The highest BCUT2D eigenvalue weighted by Crippen LogP contribution is 2.20. The van der Waals surface area contributed by atoms with Crippen molar-refractivity contribution in [3.05, 3.63) is 46.9 Å². The molecule has 22 heavy (non-hydrogen) atoms. The normalized spacial score (nSPS) is 10.8. The van der Waals surface area contributed by atoms with Gasteiger partial charge in [-0.1, -0.05) is 18.2 Å². The van der Waals surface area contributed by atoms with Crippen molar-refractivity contribution in [1.82, 2.24) is 30.9 Å². The topological polar surface area (TPSA) is 96.5 Å². The van der Waals surface area contributed by atoms with Gasteiger partial charge in [0.25, 0.3) is 5.91 Å². The van der Waals surface area contributed by atoms with Crippen molar-refractivity contribution in [3.8, 4) is 0 Å². The molecule has 1 amide bonds. The molecule has 0 aliphatic heterocycles. The molecule has 0 aliphatic carbocycles. The number of carbonyl (C=O) groups is 1. The summed E-state index contributed by atoms with van der Waals surface area (Å²) in [6.45, 7) is 4.19. The first kappa shape index (κ1) is 14.1. The monoisotopic (exact) mass is 296 g/mol. The highest BCUT2D eigenvalue weighted by molar-refractivity contribution is 6.06. The van der Waals surface area contributed by atoms with Crippen LogP contribution in [0.1, 0.15) is 34.4 Å². The summed E-state index contributed by atoms with van der Waals surface area (Å²) in [7, 11) is 0. The molecule has 0 radical (unpaired) electrons. The maximum absolute atomic E-state index is 12.5. The maximum atomic E-state index is 12.5. The second-order valence-electron chi connectivity index (χ2n) is 5.03. The molecular formula is C15H16N6O. The average molecular weight is 296 g/mol. The lowest BCUT2D eigenvalue weighted by Crippen LogP contribution is -2.24. The molecule has 2 heterocycles. The Bertz CT molecular complexity index is 812. The molecule has 112 valence electrons. The van der Waals surface area contributed by atoms with E-state index in [1.165, 1.54) is 5.56 Å². The Labute approximate surface area is 127 Å². The summed E-state index contributed by atoms with van der Waals surface area (Å²) in [6, 6.07) is 7.81. The molecular weight excluding hydrogens is 280 g/mol. The Kier molecular flexibility index (Phi) is 3.78. The molecule has 0 unspecified atom stereocenters. The molecule has 0 fully saturated rings. The zero-order valence-electron chi connectivity index (χ0n) is 12.4. The summed E-state index contributed by atoms with van der Waals surface area (Å²) >= 11 is 0. The second-order valence-corrected chi connectivity index (χ2v) is 5.03. The number of hydrogen-bond donors (Lipinski definition) is 2. The van der Waals surface area contributed by atoms with Crippen LogP contribution < -0.4 is 5.32 Å². The first-order valence-corrected chi connectivity index (χ1v) is 7.08. The number of amides is 1. The van der Waals surface area contributed by atoms with Gasteiger partial charge >= 0.3 is 0 Å². The van der Waals surface area contributed by atoms with E-state index in [-0.39, 0.29) is 12.5 Å². The van der Waals surface area contributed by atoms with Crippen LogP contribution in [0.3, 0.4) is 0 Å². The number of carbonyl (C=O) groups excluding carboxylic acids is 1. The minimum atomic E-state index is -0.173. The third kappa shape index (κ3) is 2.78. The van der Waals surface area contributed by atoms with E-state index in [0.29, 0.717) is 11.4 Å². The number of nitrogens with zero attached hydrogens (tertiary/aromatic N) is 4. The minimum absolute atomic E-state index is 0.173. The van der Waals surface area contributed by atoms with Crippen molar-refractivity contribution >= 4 is 16.8 Å². The van der Waals surface area contributed by atoms with Gasteiger partial charge in [0, 0.05) is 11.1 Å². The molecule has 0 bridgehead atoms. The Morgan fingerprint density at radius 2 is 2.18 bits per heavy atom. The van der Waals surface area contributed by atoms with Crippen LogP contribution in [0, 0.1) is 6.92 Å². The summed E-state index contributed by atoms with van der Waals surface area (Å²) in [6.07, 6.45) is 0.910. The van der Waals surface area contributed by atoms with Gasteiger partial charge in [-0.05, 0) is 37.1 Å². The van der Waals surface area contributed by atoms with Gasteiger partial charge in [0.05, 0.1) is 17.6 Å². The molecule has 3 aromatic rings. The van der Waals surface area contributed by atoms with Crippen LogP contribution in [0.2, 0.25) is 0 Å². The summed E-state index contributed by atoms with van der Waals surface area (Å²) in [4.78, 5) is 17.0. The molecule has 7 heteroatoms. The van der Waals surface area contributed by atoms with Gasteiger partial charge in [-0.3, -0.25) is 9.78 Å². The maximum Gasteiger partial charge on any atom is 0.252 e. The van der Waals surface area contributed by atoms with Crippen LogP contribution in [-0.2, 0) is 13.0 Å². The van der Waals surface area contributed by atoms with E-state index in [1.54, 1.807) is 6.07 Å². The SMILES string of the molecule is CCc1ccc2nc(C)cc(C(=O)NCc3nn[nH]n3)c2c1. The lowest BCUT2D eigenvalue weighted by molar-refractivity contribution is 0.0951. The Balaban J connectivity index is 1.95. The Morgan fingerprint density at radius 3 is 2.91 bits per heavy atom. The summed E-state index contributed by atoms with van der Waals surface area (Å²) in [5.41, 5.74) is 3.41. The third-order valence-corrected chi connectivity index (χ3v) is 3.45. The number of H-pyrrole nitrogens is 1. The van der Waals surface area contributed by atoms with Crippen LogP contribution in [0.25, 0.3) is 10.9 Å². The van der Waals surface area contributed by atoms with Crippen molar-refractivity contribution < 1.29 is 4.79 Å². The van der Waals surface area contributed by atoms with Gasteiger partial charge < -0.3 is 5.32 Å². The fraction of sp³-hybridized carbons (Fsp3) is 0.267. The van der Waals surface area contributed by atoms with Gasteiger partial charge in [0.1, 0.15) is 0 Å². The molecule has 7 nitrogen and oxygen atoms in total. The molecule has 0 atom stereocenters. The van der Waals surface area contributed by atoms with Crippen molar-refractivity contribution in [3.63, 3.8) is 0 Å². The lowest BCUT2D eigenvalue weighted by Gasteiger charge is -2.09. The zero-order chi connectivity index (χ0) is 15.5. The van der Waals surface area contributed by atoms with Crippen LogP contribution in [0.4, 0.5) is 0 Å². The number of rotatable bonds is 4. The molecule has 2 aromatic heterocycles. The van der Waals surface area contributed by atoms with Gasteiger partial charge in [0.2, 0.25) is 0 Å². The van der Waals surface area contributed by atoms with Gasteiger partial charge in [-0.25, -0.2) is 0 Å². The largest absolute Gasteiger partial charge is 0.345 e. The minimum Gasteiger partial charge on any atom is -0.345 e. The van der Waals surface area contributed by atoms with Crippen molar-refractivity contribution in [2.75, 3.05) is 0 Å². The average Bonchev–Trinajstić information content (AvgIpc) is 3.04. The summed E-state index contributed by atoms with van der Waals surface area (Å²) < 4.78 is 0. The van der Waals surface area contributed by atoms with Crippen molar-refractivity contribution in [2.45, 2.75) is 26.8 Å². The number of benzene rings is 1. The molecule has 0 saturated heterocycles. The number of aryl methyl sites for hydroxylation is 2. The Morgan fingerprint density at radius 1 is 1.32 bits per heavy atom. The second kappa shape index (κ2) is 5.88. The van der Waals surface area contributed by atoms with E-state index in [2.05, 4.69) is 37.8 Å². The van der Waals surface area contributed by atoms with Crippen molar-refractivity contribution in [2.24, 2.45) is 0 Å². The van der Waals surface area contributed by atoms with E-state index in [1.807, 2.05) is 25.1 Å².